The molecule has 1 heterocycles. The molecule has 5 heteroatoms. The first kappa shape index (κ1) is 13.0. The second-order valence-corrected chi connectivity index (χ2v) is 4.91. The molecule has 1 unspecified atom stereocenters. The van der Waals surface area contributed by atoms with Crippen LogP contribution in [0.3, 0.4) is 0 Å². The van der Waals surface area contributed by atoms with Gasteiger partial charge in [-0.1, -0.05) is 6.92 Å². The summed E-state index contributed by atoms with van der Waals surface area (Å²) in [5.41, 5.74) is -0.313. The third-order valence-electron chi connectivity index (χ3n) is 3.40. The van der Waals surface area contributed by atoms with Crippen molar-refractivity contribution in [2.75, 3.05) is 6.54 Å². The lowest BCUT2D eigenvalue weighted by molar-refractivity contribution is 0.0409. The lowest BCUT2D eigenvalue weighted by Crippen LogP contribution is -2.40. The number of likely N-dealkylation sites (N-methyl/N-ethyl adjacent to an activating group) is 1. The highest BCUT2D eigenvalue weighted by Gasteiger charge is 2.71. The van der Waals surface area contributed by atoms with Gasteiger partial charge in [-0.15, -0.1) is 0 Å². The maximum absolute atomic E-state index is 12.8. The monoisotopic (exact) mass is 252 g/mol. The molecule has 2 rings (SSSR count). The van der Waals surface area contributed by atoms with Crippen LogP contribution in [0.2, 0.25) is 0 Å². The van der Waals surface area contributed by atoms with E-state index in [2.05, 4.69) is 5.32 Å². The van der Waals surface area contributed by atoms with E-state index in [-0.39, 0.29) is 5.91 Å². The molecule has 0 spiro atoms. The summed E-state index contributed by atoms with van der Waals surface area (Å²) in [6.45, 7) is 5.95. The number of hydrogen-bond acceptors (Lipinski definition) is 3. The number of nitrogens with zero attached hydrogens (tertiary/aromatic N) is 1. The summed E-state index contributed by atoms with van der Waals surface area (Å²) in [4.78, 5) is 13.6. The fourth-order valence-corrected chi connectivity index (χ4v) is 2.23. The molecule has 1 aromatic rings. The van der Waals surface area contributed by atoms with E-state index in [1.54, 1.807) is 13.8 Å². The number of carbonyl (C=O) groups is 1. The zero-order chi connectivity index (χ0) is 13.6. The number of rotatable bonds is 3. The third-order valence-corrected chi connectivity index (χ3v) is 3.40. The van der Waals surface area contributed by atoms with Crippen LogP contribution in [0, 0.1) is 5.82 Å². The van der Waals surface area contributed by atoms with Gasteiger partial charge in [0.25, 0.3) is 5.91 Å². The Kier molecular flexibility index (Phi) is 2.91. The van der Waals surface area contributed by atoms with Crippen molar-refractivity contribution in [2.24, 2.45) is 0 Å². The Hall–Kier alpha value is -1.46. The normalized spacial score (nSPS) is 25.1. The minimum atomic E-state index is -1.33. The van der Waals surface area contributed by atoms with E-state index in [1.807, 2.05) is 6.92 Å². The summed E-state index contributed by atoms with van der Waals surface area (Å²) in [6, 6.07) is 5.29. The summed E-state index contributed by atoms with van der Waals surface area (Å²) in [6.07, 6.45) is 0. The molecule has 2 N–H and O–H groups in total. The van der Waals surface area contributed by atoms with Gasteiger partial charge in [0.1, 0.15) is 11.4 Å². The number of carbonyl (C=O) groups excluding carboxylic acids is 1. The van der Waals surface area contributed by atoms with Crippen molar-refractivity contribution >= 4 is 5.91 Å². The highest BCUT2D eigenvalue weighted by molar-refractivity contribution is 5.97. The smallest absolute Gasteiger partial charge is 0.257 e. The molecule has 18 heavy (non-hydrogen) atoms. The second-order valence-electron chi connectivity index (χ2n) is 4.91. The minimum Gasteiger partial charge on any atom is -0.356 e. The molecule has 1 saturated heterocycles. The van der Waals surface area contributed by atoms with Gasteiger partial charge in [-0.2, -0.15) is 0 Å². The summed E-state index contributed by atoms with van der Waals surface area (Å²) < 4.78 is 12.8. The molecule has 1 aliphatic rings. The largest absolute Gasteiger partial charge is 0.356 e. The Morgan fingerprint density at radius 3 is 2.44 bits per heavy atom. The Morgan fingerprint density at radius 1 is 1.39 bits per heavy atom. The van der Waals surface area contributed by atoms with Gasteiger partial charge in [-0.05, 0) is 44.7 Å². The molecular weight excluding hydrogens is 235 g/mol. The van der Waals surface area contributed by atoms with E-state index in [9.17, 15) is 14.3 Å². The van der Waals surface area contributed by atoms with Crippen molar-refractivity contribution in [1.29, 1.82) is 0 Å². The van der Waals surface area contributed by atoms with Gasteiger partial charge in [0.15, 0.2) is 0 Å². The standard InChI is InChI=1S/C13H17FN2O2/c1-4-15-13(18)12(2,3)16(13)11(17)9-5-7-10(14)8-6-9/h5-8,15,18H,4H2,1-3H3. The van der Waals surface area contributed by atoms with E-state index in [0.717, 1.165) is 0 Å². The van der Waals surface area contributed by atoms with Gasteiger partial charge in [-0.3, -0.25) is 15.0 Å². The number of aliphatic hydroxyl groups is 1. The van der Waals surface area contributed by atoms with Gasteiger partial charge in [0.05, 0.1) is 0 Å². The van der Waals surface area contributed by atoms with Crippen LogP contribution in [-0.2, 0) is 0 Å². The number of hydrogen-bond donors (Lipinski definition) is 2. The molecule has 0 bridgehead atoms. The predicted octanol–water partition coefficient (Wildman–Crippen LogP) is 1.32. The molecular formula is C13H17FN2O2. The first-order valence-corrected chi connectivity index (χ1v) is 5.92. The van der Waals surface area contributed by atoms with Crippen molar-refractivity contribution in [3.05, 3.63) is 35.6 Å². The SMILES string of the molecule is CCNC1(O)N(C(=O)c2ccc(F)cc2)C1(C)C. The molecule has 0 aromatic heterocycles. The Bertz CT molecular complexity index is 472. The number of nitrogens with one attached hydrogen (secondary N) is 1. The molecule has 0 aliphatic carbocycles. The highest BCUT2D eigenvalue weighted by Crippen LogP contribution is 2.48. The van der Waals surface area contributed by atoms with Gasteiger partial charge in [0.2, 0.25) is 5.85 Å². The first-order valence-electron chi connectivity index (χ1n) is 5.92. The molecule has 4 nitrogen and oxygen atoms in total. The predicted molar refractivity (Wildman–Crippen MR) is 65.3 cm³/mol. The van der Waals surface area contributed by atoms with Crippen LogP contribution in [0.25, 0.3) is 0 Å². The quantitative estimate of drug-likeness (QED) is 0.630. The summed E-state index contributed by atoms with van der Waals surface area (Å²) in [5.74, 6) is -2.03. The second kappa shape index (κ2) is 4.03. The molecule has 1 aliphatic heterocycles. The van der Waals surface area contributed by atoms with Crippen LogP contribution in [0.5, 0.6) is 0 Å². The number of benzene rings is 1. The fourth-order valence-electron chi connectivity index (χ4n) is 2.23. The zero-order valence-electron chi connectivity index (χ0n) is 10.7. The zero-order valence-corrected chi connectivity index (χ0v) is 10.7. The number of halogens is 1. The van der Waals surface area contributed by atoms with E-state index >= 15 is 0 Å². The van der Waals surface area contributed by atoms with Crippen molar-refractivity contribution in [3.63, 3.8) is 0 Å². The lowest BCUT2D eigenvalue weighted by atomic mass is 10.1. The van der Waals surface area contributed by atoms with Crippen LogP contribution in [0.15, 0.2) is 24.3 Å². The van der Waals surface area contributed by atoms with Gasteiger partial charge < -0.3 is 5.11 Å². The van der Waals surface area contributed by atoms with Crippen molar-refractivity contribution < 1.29 is 14.3 Å². The highest BCUT2D eigenvalue weighted by atomic mass is 19.1. The van der Waals surface area contributed by atoms with E-state index in [4.69, 9.17) is 0 Å². The number of amides is 1. The van der Waals surface area contributed by atoms with Gasteiger partial charge in [0, 0.05) is 5.56 Å². The Balaban J connectivity index is 2.23. The third kappa shape index (κ3) is 1.71. The summed E-state index contributed by atoms with van der Waals surface area (Å²) in [5, 5.41) is 13.2. The van der Waals surface area contributed by atoms with E-state index < -0.39 is 17.2 Å². The van der Waals surface area contributed by atoms with Gasteiger partial charge in [-0.25, -0.2) is 4.39 Å². The van der Waals surface area contributed by atoms with Crippen LogP contribution in [0.1, 0.15) is 31.1 Å². The fraction of sp³-hybridized carbons (Fsp3) is 0.462. The minimum absolute atomic E-state index is 0.316. The van der Waals surface area contributed by atoms with Crippen LogP contribution in [0.4, 0.5) is 4.39 Å². The van der Waals surface area contributed by atoms with Crippen LogP contribution >= 0.6 is 0 Å². The van der Waals surface area contributed by atoms with Crippen molar-refractivity contribution in [2.45, 2.75) is 32.2 Å². The molecule has 1 amide bonds. The molecule has 0 saturated carbocycles. The maximum atomic E-state index is 12.8. The summed E-state index contributed by atoms with van der Waals surface area (Å²) in [7, 11) is 0. The summed E-state index contributed by atoms with van der Waals surface area (Å²) >= 11 is 0. The molecule has 98 valence electrons. The van der Waals surface area contributed by atoms with Crippen molar-refractivity contribution in [3.8, 4) is 0 Å². The topological polar surface area (TPSA) is 52.3 Å². The van der Waals surface area contributed by atoms with Crippen LogP contribution < -0.4 is 5.32 Å². The molecule has 1 aromatic carbocycles. The molecule has 1 atom stereocenters. The van der Waals surface area contributed by atoms with Gasteiger partial charge >= 0.3 is 0 Å². The average molecular weight is 252 g/mol. The lowest BCUT2D eigenvalue weighted by Gasteiger charge is -2.11. The maximum Gasteiger partial charge on any atom is 0.257 e. The molecule has 0 radical (unpaired) electrons. The first-order chi connectivity index (χ1) is 8.34. The average Bonchev–Trinajstić information content (AvgIpc) is 2.73. The Morgan fingerprint density at radius 2 is 1.94 bits per heavy atom. The van der Waals surface area contributed by atoms with E-state index in [0.29, 0.717) is 12.1 Å². The van der Waals surface area contributed by atoms with Crippen molar-refractivity contribution in [1.82, 2.24) is 10.2 Å². The Labute approximate surface area is 105 Å². The van der Waals surface area contributed by atoms with E-state index in [1.165, 1.54) is 29.2 Å². The van der Waals surface area contributed by atoms with Crippen LogP contribution in [-0.4, -0.2) is 33.8 Å². The molecule has 1 fully saturated rings.